The number of amides is 2. The van der Waals surface area contributed by atoms with E-state index in [0.717, 1.165) is 16.8 Å². The van der Waals surface area contributed by atoms with E-state index in [1.54, 1.807) is 30.3 Å². The summed E-state index contributed by atoms with van der Waals surface area (Å²) in [6.45, 7) is 0. The van der Waals surface area contributed by atoms with Gasteiger partial charge in [0.25, 0.3) is 0 Å². The van der Waals surface area contributed by atoms with E-state index in [1.807, 2.05) is 0 Å². The fourth-order valence-corrected chi connectivity index (χ4v) is 2.55. The smallest absolute Gasteiger partial charge is 0.308 e. The molecule has 0 atom stereocenters. The van der Waals surface area contributed by atoms with Crippen LogP contribution < -0.4 is 10.6 Å². The van der Waals surface area contributed by atoms with Gasteiger partial charge in [-0.25, -0.2) is 9.18 Å². The lowest BCUT2D eigenvalue weighted by molar-refractivity contribution is -0.140. The highest BCUT2D eigenvalue weighted by Gasteiger charge is 2.39. The Hall–Kier alpha value is -3.36. The molecule has 0 unspecified atom stereocenters. The Labute approximate surface area is 151 Å². The highest BCUT2D eigenvalue weighted by atomic mass is 19.4. The monoisotopic (exact) mass is 378 g/mol. The zero-order chi connectivity index (χ0) is 19.6. The lowest BCUT2D eigenvalue weighted by Crippen LogP contribution is -2.21. The molecule has 0 aliphatic heterocycles. The normalized spacial score (nSPS) is 11.3. The summed E-state index contributed by atoms with van der Waals surface area (Å²) in [7, 11) is 1.28. The van der Waals surface area contributed by atoms with Gasteiger partial charge in [-0.3, -0.25) is 10.00 Å². The summed E-state index contributed by atoms with van der Waals surface area (Å²) < 4.78 is 54.3. The molecule has 3 rings (SSSR count). The first-order valence-electron chi connectivity index (χ1n) is 7.79. The molecule has 0 radical (unpaired) electrons. The van der Waals surface area contributed by atoms with Crippen molar-refractivity contribution in [1.29, 1.82) is 0 Å². The lowest BCUT2D eigenvalue weighted by atomic mass is 10.0. The minimum atomic E-state index is -4.75. The van der Waals surface area contributed by atoms with Crippen LogP contribution in [0.1, 0.15) is 5.69 Å². The number of hydrogen-bond acceptors (Lipinski definition) is 2. The molecule has 2 N–H and O–H groups in total. The van der Waals surface area contributed by atoms with Crippen molar-refractivity contribution >= 4 is 17.5 Å². The summed E-state index contributed by atoms with van der Waals surface area (Å²) in [5, 5.41) is 8.41. The van der Waals surface area contributed by atoms with E-state index in [2.05, 4.69) is 15.7 Å². The number of nitrogens with one attached hydrogen (secondary N) is 2. The van der Waals surface area contributed by atoms with Crippen molar-refractivity contribution in [2.75, 3.05) is 10.6 Å². The van der Waals surface area contributed by atoms with Gasteiger partial charge in [0.2, 0.25) is 0 Å². The maximum atomic E-state index is 13.4. The molecule has 140 valence electrons. The van der Waals surface area contributed by atoms with Gasteiger partial charge in [0.1, 0.15) is 11.6 Å². The van der Waals surface area contributed by atoms with E-state index in [1.165, 1.54) is 19.2 Å². The van der Waals surface area contributed by atoms with Crippen molar-refractivity contribution in [3.05, 3.63) is 66.1 Å². The molecular formula is C18H14F4N4O. The summed E-state index contributed by atoms with van der Waals surface area (Å²) in [5.74, 6) is -0.755. The van der Waals surface area contributed by atoms with E-state index >= 15 is 0 Å². The van der Waals surface area contributed by atoms with Gasteiger partial charge >= 0.3 is 12.2 Å². The molecule has 9 heteroatoms. The number of benzene rings is 2. The van der Waals surface area contributed by atoms with Gasteiger partial charge in [-0.1, -0.05) is 30.3 Å². The molecule has 2 aromatic carbocycles. The van der Waals surface area contributed by atoms with Crippen LogP contribution in [0.25, 0.3) is 11.1 Å². The van der Waals surface area contributed by atoms with Crippen LogP contribution in [0.4, 0.5) is 33.9 Å². The highest BCUT2D eigenvalue weighted by molar-refractivity contribution is 6.01. The molecule has 0 aliphatic rings. The first-order valence-corrected chi connectivity index (χ1v) is 7.79. The zero-order valence-electron chi connectivity index (χ0n) is 14.0. The molecule has 0 bridgehead atoms. The molecule has 0 fully saturated rings. The van der Waals surface area contributed by atoms with Crippen LogP contribution in [0.5, 0.6) is 0 Å². The van der Waals surface area contributed by atoms with Crippen LogP contribution >= 0.6 is 0 Å². The fraction of sp³-hybridized carbons (Fsp3) is 0.111. The van der Waals surface area contributed by atoms with Crippen molar-refractivity contribution < 1.29 is 22.4 Å². The van der Waals surface area contributed by atoms with Crippen LogP contribution in [0.3, 0.4) is 0 Å². The van der Waals surface area contributed by atoms with Crippen molar-refractivity contribution in [3.8, 4) is 11.1 Å². The number of alkyl halides is 3. The van der Waals surface area contributed by atoms with Crippen LogP contribution in [0, 0.1) is 5.82 Å². The molecule has 3 aromatic rings. The van der Waals surface area contributed by atoms with E-state index < -0.39 is 23.7 Å². The predicted molar refractivity (Wildman–Crippen MR) is 92.7 cm³/mol. The number of anilines is 2. The first-order chi connectivity index (χ1) is 12.8. The van der Waals surface area contributed by atoms with E-state index in [0.29, 0.717) is 5.69 Å². The number of hydrogen-bond donors (Lipinski definition) is 2. The molecule has 2 amide bonds. The number of aryl methyl sites for hydroxylation is 1. The Morgan fingerprint density at radius 2 is 1.63 bits per heavy atom. The fourth-order valence-electron chi connectivity index (χ4n) is 2.55. The Morgan fingerprint density at radius 1 is 1.00 bits per heavy atom. The molecule has 1 heterocycles. The summed E-state index contributed by atoms with van der Waals surface area (Å²) in [5.41, 5.74) is -0.969. The molecule has 0 spiro atoms. The standard InChI is InChI=1S/C18H14F4N4O/c1-26-16(24-17(27)23-13-5-3-2-4-6-13)14(15(25-26)18(20,21)22)11-7-9-12(19)10-8-11/h2-10H,1H3,(H2,23,24,27). The number of halogens is 4. The lowest BCUT2D eigenvalue weighted by Gasteiger charge is -2.11. The van der Waals surface area contributed by atoms with Gasteiger partial charge < -0.3 is 5.32 Å². The molecular weight excluding hydrogens is 364 g/mol. The van der Waals surface area contributed by atoms with E-state index in [-0.39, 0.29) is 16.9 Å². The quantitative estimate of drug-likeness (QED) is 0.638. The number of aromatic nitrogens is 2. The van der Waals surface area contributed by atoms with Gasteiger partial charge in [0.05, 0.1) is 5.56 Å². The number of urea groups is 1. The first kappa shape index (κ1) is 18.4. The SMILES string of the molecule is Cn1nc(C(F)(F)F)c(-c2ccc(F)cc2)c1NC(=O)Nc1ccccc1. The molecule has 1 aromatic heterocycles. The van der Waals surface area contributed by atoms with Crippen LogP contribution in [-0.4, -0.2) is 15.8 Å². The van der Waals surface area contributed by atoms with Gasteiger partial charge in [-0.15, -0.1) is 0 Å². The maximum absolute atomic E-state index is 13.4. The number of rotatable bonds is 3. The molecule has 27 heavy (non-hydrogen) atoms. The van der Waals surface area contributed by atoms with Gasteiger partial charge in [0, 0.05) is 12.7 Å². The van der Waals surface area contributed by atoms with Crippen molar-refractivity contribution in [1.82, 2.24) is 9.78 Å². The second kappa shape index (κ2) is 7.10. The Bertz CT molecular complexity index is 950. The summed E-state index contributed by atoms with van der Waals surface area (Å²) in [4.78, 5) is 12.2. The van der Waals surface area contributed by atoms with Crippen LogP contribution in [-0.2, 0) is 13.2 Å². The van der Waals surface area contributed by atoms with Gasteiger partial charge in [0.15, 0.2) is 5.69 Å². The van der Waals surface area contributed by atoms with Gasteiger partial charge in [-0.2, -0.15) is 18.3 Å². The van der Waals surface area contributed by atoms with E-state index in [9.17, 15) is 22.4 Å². The second-order valence-electron chi connectivity index (χ2n) is 5.65. The van der Waals surface area contributed by atoms with E-state index in [4.69, 9.17) is 0 Å². The van der Waals surface area contributed by atoms with Crippen molar-refractivity contribution in [3.63, 3.8) is 0 Å². The third-order valence-electron chi connectivity index (χ3n) is 3.71. The number of para-hydroxylation sites is 1. The third-order valence-corrected chi connectivity index (χ3v) is 3.71. The minimum Gasteiger partial charge on any atom is -0.308 e. The molecule has 0 saturated heterocycles. The number of carbonyl (C=O) groups is 1. The number of carbonyl (C=O) groups excluding carboxylic acids is 1. The summed E-state index contributed by atoms with van der Waals surface area (Å²) in [6.07, 6.45) is -4.75. The maximum Gasteiger partial charge on any atom is 0.435 e. The highest BCUT2D eigenvalue weighted by Crippen LogP contribution is 2.40. The average Bonchev–Trinajstić information content (AvgIpc) is 2.93. The molecule has 0 saturated carbocycles. The Balaban J connectivity index is 2.00. The molecule has 0 aliphatic carbocycles. The average molecular weight is 378 g/mol. The Kier molecular flexibility index (Phi) is 4.85. The topological polar surface area (TPSA) is 59.0 Å². The number of nitrogens with zero attached hydrogens (tertiary/aromatic N) is 2. The zero-order valence-corrected chi connectivity index (χ0v) is 14.0. The van der Waals surface area contributed by atoms with Crippen LogP contribution in [0.15, 0.2) is 54.6 Å². The van der Waals surface area contributed by atoms with Crippen LogP contribution in [0.2, 0.25) is 0 Å². The van der Waals surface area contributed by atoms with Gasteiger partial charge in [-0.05, 0) is 29.8 Å². The van der Waals surface area contributed by atoms with Crippen molar-refractivity contribution in [2.24, 2.45) is 7.05 Å². The minimum absolute atomic E-state index is 0.0758. The third kappa shape index (κ3) is 4.08. The summed E-state index contributed by atoms with van der Waals surface area (Å²) >= 11 is 0. The second-order valence-corrected chi connectivity index (χ2v) is 5.65. The predicted octanol–water partition coefficient (Wildman–Crippen LogP) is 4.89. The van der Waals surface area contributed by atoms with Crippen molar-refractivity contribution in [2.45, 2.75) is 6.18 Å². The largest absolute Gasteiger partial charge is 0.435 e. The Morgan fingerprint density at radius 3 is 2.22 bits per heavy atom. The molecule has 5 nitrogen and oxygen atoms in total. The summed E-state index contributed by atoms with van der Waals surface area (Å²) in [6, 6.07) is 12.1.